The first-order valence-electron chi connectivity index (χ1n) is 5.27. The Bertz CT molecular complexity index is 266. The van der Waals surface area contributed by atoms with Crippen LogP contribution in [-0.4, -0.2) is 68.3 Å². The van der Waals surface area contributed by atoms with Gasteiger partial charge in [-0.25, -0.2) is 0 Å². The number of methoxy groups -OCH3 is 2. The molecule has 1 aliphatic rings. The number of carbonyl (C=O) groups excluding carboxylic acids is 2. The number of amides is 2. The van der Waals surface area contributed by atoms with E-state index < -0.39 is 18.1 Å². The maximum Gasteiger partial charge on any atom is 0.312 e. The fraction of sp³-hybridized carbons (Fsp3) is 0.800. The summed E-state index contributed by atoms with van der Waals surface area (Å²) in [5, 5.41) is 0. The van der Waals surface area contributed by atoms with Crippen molar-refractivity contribution in [3.05, 3.63) is 0 Å². The van der Waals surface area contributed by atoms with E-state index in [0.717, 1.165) is 0 Å². The highest BCUT2D eigenvalue weighted by atomic mass is 16.7. The van der Waals surface area contributed by atoms with Gasteiger partial charge in [0.15, 0.2) is 6.29 Å². The third-order valence-corrected chi connectivity index (χ3v) is 2.67. The Morgan fingerprint density at radius 2 is 1.62 bits per heavy atom. The van der Waals surface area contributed by atoms with Gasteiger partial charge in [0.25, 0.3) is 0 Å². The van der Waals surface area contributed by atoms with Crippen molar-refractivity contribution in [2.75, 3.05) is 40.4 Å². The van der Waals surface area contributed by atoms with Crippen molar-refractivity contribution >= 4 is 11.8 Å². The highest BCUT2D eigenvalue weighted by Crippen LogP contribution is 2.06. The third-order valence-electron chi connectivity index (χ3n) is 2.67. The van der Waals surface area contributed by atoms with Crippen LogP contribution < -0.4 is 0 Å². The monoisotopic (exact) mass is 230 g/mol. The van der Waals surface area contributed by atoms with E-state index in [1.165, 1.54) is 24.0 Å². The molecular formula is C10H18N2O4. The van der Waals surface area contributed by atoms with Crippen LogP contribution in [0.25, 0.3) is 0 Å². The SMILES string of the molecule is CCN1CCN(CC(OC)OC)C(=O)C1=O. The van der Waals surface area contributed by atoms with Crippen LogP contribution in [0.2, 0.25) is 0 Å². The molecule has 0 aromatic heterocycles. The molecule has 0 radical (unpaired) electrons. The second-order valence-electron chi connectivity index (χ2n) is 3.54. The molecule has 0 spiro atoms. The molecule has 1 aliphatic heterocycles. The summed E-state index contributed by atoms with van der Waals surface area (Å²) in [6.45, 7) is 3.81. The van der Waals surface area contributed by atoms with E-state index in [4.69, 9.17) is 9.47 Å². The lowest BCUT2D eigenvalue weighted by molar-refractivity contribution is -0.163. The highest BCUT2D eigenvalue weighted by Gasteiger charge is 2.32. The van der Waals surface area contributed by atoms with Crippen LogP contribution in [0.15, 0.2) is 0 Å². The van der Waals surface area contributed by atoms with Gasteiger partial charge in [0.2, 0.25) is 0 Å². The van der Waals surface area contributed by atoms with Crippen LogP contribution in [0.4, 0.5) is 0 Å². The van der Waals surface area contributed by atoms with Gasteiger partial charge in [0.05, 0.1) is 6.54 Å². The van der Waals surface area contributed by atoms with E-state index in [0.29, 0.717) is 19.6 Å². The zero-order chi connectivity index (χ0) is 12.1. The van der Waals surface area contributed by atoms with Crippen LogP contribution in [0.5, 0.6) is 0 Å². The summed E-state index contributed by atoms with van der Waals surface area (Å²) in [6.07, 6.45) is -0.482. The van der Waals surface area contributed by atoms with Gasteiger partial charge in [0, 0.05) is 33.9 Å². The van der Waals surface area contributed by atoms with E-state index in [-0.39, 0.29) is 6.54 Å². The molecule has 0 aromatic carbocycles. The lowest BCUT2D eigenvalue weighted by Crippen LogP contribution is -2.55. The van der Waals surface area contributed by atoms with E-state index in [1.807, 2.05) is 6.92 Å². The largest absolute Gasteiger partial charge is 0.354 e. The van der Waals surface area contributed by atoms with E-state index >= 15 is 0 Å². The number of hydrogen-bond donors (Lipinski definition) is 0. The number of likely N-dealkylation sites (N-methyl/N-ethyl adjacent to an activating group) is 1. The van der Waals surface area contributed by atoms with Crippen molar-refractivity contribution in [3.63, 3.8) is 0 Å². The second-order valence-corrected chi connectivity index (χ2v) is 3.54. The van der Waals surface area contributed by atoms with Crippen molar-refractivity contribution in [2.24, 2.45) is 0 Å². The molecule has 2 amide bonds. The molecule has 0 atom stereocenters. The molecule has 1 saturated heterocycles. The van der Waals surface area contributed by atoms with Gasteiger partial charge in [-0.1, -0.05) is 0 Å². The Kier molecular flexibility index (Phi) is 4.70. The zero-order valence-electron chi connectivity index (χ0n) is 9.93. The van der Waals surface area contributed by atoms with Crippen molar-refractivity contribution in [2.45, 2.75) is 13.2 Å². The molecule has 0 unspecified atom stereocenters. The third kappa shape index (κ3) is 2.70. The Hall–Kier alpha value is -1.14. The summed E-state index contributed by atoms with van der Waals surface area (Å²) >= 11 is 0. The summed E-state index contributed by atoms with van der Waals surface area (Å²) in [5.41, 5.74) is 0. The predicted octanol–water partition coefficient (Wildman–Crippen LogP) is -0.704. The Labute approximate surface area is 95.1 Å². The molecule has 92 valence electrons. The molecular weight excluding hydrogens is 212 g/mol. The van der Waals surface area contributed by atoms with Crippen molar-refractivity contribution in [1.82, 2.24) is 9.80 Å². The molecule has 0 saturated carbocycles. The zero-order valence-corrected chi connectivity index (χ0v) is 9.93. The number of piperazine rings is 1. The molecule has 0 bridgehead atoms. The van der Waals surface area contributed by atoms with Crippen LogP contribution in [0.1, 0.15) is 6.92 Å². The van der Waals surface area contributed by atoms with E-state index in [1.54, 1.807) is 0 Å². The van der Waals surface area contributed by atoms with Crippen molar-refractivity contribution < 1.29 is 19.1 Å². The average Bonchev–Trinajstić information content (AvgIpc) is 2.31. The maximum atomic E-state index is 11.7. The fourth-order valence-corrected chi connectivity index (χ4v) is 1.62. The highest BCUT2D eigenvalue weighted by molar-refractivity contribution is 6.35. The topological polar surface area (TPSA) is 59.1 Å². The molecule has 0 aliphatic carbocycles. The quantitative estimate of drug-likeness (QED) is 0.463. The predicted molar refractivity (Wildman–Crippen MR) is 56.6 cm³/mol. The summed E-state index contributed by atoms with van der Waals surface area (Å²) < 4.78 is 10.00. The molecule has 6 nitrogen and oxygen atoms in total. The number of ether oxygens (including phenoxy) is 2. The molecule has 0 N–H and O–H groups in total. The normalized spacial score (nSPS) is 17.5. The van der Waals surface area contributed by atoms with Gasteiger partial charge in [-0.05, 0) is 6.92 Å². The van der Waals surface area contributed by atoms with Gasteiger partial charge >= 0.3 is 11.8 Å². The van der Waals surface area contributed by atoms with Crippen LogP contribution in [0, 0.1) is 0 Å². The van der Waals surface area contributed by atoms with Crippen LogP contribution in [0.3, 0.4) is 0 Å². The maximum absolute atomic E-state index is 11.7. The summed E-state index contributed by atoms with van der Waals surface area (Å²) in [7, 11) is 3.01. The number of carbonyl (C=O) groups is 2. The lowest BCUT2D eigenvalue weighted by atomic mass is 10.3. The van der Waals surface area contributed by atoms with Gasteiger partial charge in [0.1, 0.15) is 0 Å². The standard InChI is InChI=1S/C10H18N2O4/c1-4-11-5-6-12(10(14)9(11)13)7-8(15-2)16-3/h8H,4-7H2,1-3H3. The first kappa shape index (κ1) is 12.9. The summed E-state index contributed by atoms with van der Waals surface area (Å²) in [6, 6.07) is 0. The summed E-state index contributed by atoms with van der Waals surface area (Å²) in [5.74, 6) is -0.924. The minimum Gasteiger partial charge on any atom is -0.354 e. The van der Waals surface area contributed by atoms with Gasteiger partial charge in [-0.15, -0.1) is 0 Å². The second kappa shape index (κ2) is 5.81. The van der Waals surface area contributed by atoms with Gasteiger partial charge in [-0.2, -0.15) is 0 Å². The fourth-order valence-electron chi connectivity index (χ4n) is 1.62. The van der Waals surface area contributed by atoms with Crippen LogP contribution >= 0.6 is 0 Å². The lowest BCUT2D eigenvalue weighted by Gasteiger charge is -2.34. The number of rotatable bonds is 5. The Balaban J connectivity index is 2.58. The molecule has 1 fully saturated rings. The molecule has 16 heavy (non-hydrogen) atoms. The first-order chi connectivity index (χ1) is 7.63. The number of nitrogens with zero attached hydrogens (tertiary/aromatic N) is 2. The average molecular weight is 230 g/mol. The Morgan fingerprint density at radius 1 is 1.12 bits per heavy atom. The Morgan fingerprint density at radius 3 is 2.12 bits per heavy atom. The minimum atomic E-state index is -0.482. The smallest absolute Gasteiger partial charge is 0.312 e. The summed E-state index contributed by atoms with van der Waals surface area (Å²) in [4.78, 5) is 26.3. The van der Waals surface area contributed by atoms with E-state index in [2.05, 4.69) is 0 Å². The van der Waals surface area contributed by atoms with Crippen LogP contribution in [-0.2, 0) is 19.1 Å². The number of hydrogen-bond acceptors (Lipinski definition) is 4. The van der Waals surface area contributed by atoms with E-state index in [9.17, 15) is 9.59 Å². The van der Waals surface area contributed by atoms with Crippen molar-refractivity contribution in [1.29, 1.82) is 0 Å². The first-order valence-corrected chi connectivity index (χ1v) is 5.27. The molecule has 1 heterocycles. The van der Waals surface area contributed by atoms with Crippen molar-refractivity contribution in [3.8, 4) is 0 Å². The molecule has 1 rings (SSSR count). The minimum absolute atomic E-state index is 0.287. The van der Waals surface area contributed by atoms with Gasteiger partial charge in [-0.3, -0.25) is 9.59 Å². The molecule has 0 aromatic rings. The molecule has 6 heteroatoms. The van der Waals surface area contributed by atoms with Gasteiger partial charge < -0.3 is 19.3 Å².